The maximum absolute atomic E-state index is 12.3. The Kier molecular flexibility index (Phi) is 4.92. The van der Waals surface area contributed by atoms with Gasteiger partial charge in [-0.25, -0.2) is 0 Å². The van der Waals surface area contributed by atoms with Gasteiger partial charge in [-0.3, -0.25) is 9.69 Å². The van der Waals surface area contributed by atoms with Crippen LogP contribution >= 0.6 is 0 Å². The number of ether oxygens (including phenoxy) is 1. The SMILES string of the molecule is COc1ccc(CN2CC[C@@]3(c4ccccc4)CCN(C(C)=O)[C@H]3C2)cc1. The zero-order valence-corrected chi connectivity index (χ0v) is 16.2. The molecule has 0 radical (unpaired) electrons. The van der Waals surface area contributed by atoms with Crippen LogP contribution in [0.4, 0.5) is 0 Å². The van der Waals surface area contributed by atoms with Crippen molar-refractivity contribution in [3.05, 3.63) is 65.7 Å². The van der Waals surface area contributed by atoms with E-state index in [1.54, 1.807) is 14.0 Å². The summed E-state index contributed by atoms with van der Waals surface area (Å²) in [6, 6.07) is 19.4. The van der Waals surface area contributed by atoms with E-state index in [-0.39, 0.29) is 17.4 Å². The molecule has 2 aliphatic rings. The molecule has 0 spiro atoms. The molecule has 0 aliphatic carbocycles. The third kappa shape index (κ3) is 3.34. The summed E-state index contributed by atoms with van der Waals surface area (Å²) in [5.74, 6) is 1.09. The first-order chi connectivity index (χ1) is 13.1. The minimum Gasteiger partial charge on any atom is -0.497 e. The van der Waals surface area contributed by atoms with E-state index in [1.807, 2.05) is 12.1 Å². The summed E-state index contributed by atoms with van der Waals surface area (Å²) in [4.78, 5) is 16.9. The van der Waals surface area contributed by atoms with Gasteiger partial charge in [0.15, 0.2) is 0 Å². The molecule has 0 saturated carbocycles. The maximum atomic E-state index is 12.3. The Bertz CT molecular complexity index is 790. The van der Waals surface area contributed by atoms with Crippen LogP contribution in [-0.2, 0) is 16.8 Å². The molecule has 0 aromatic heterocycles. The number of hydrogen-bond donors (Lipinski definition) is 0. The van der Waals surface area contributed by atoms with Crippen LogP contribution in [0.3, 0.4) is 0 Å². The second kappa shape index (κ2) is 7.35. The number of benzene rings is 2. The molecule has 2 aliphatic heterocycles. The van der Waals surface area contributed by atoms with E-state index < -0.39 is 0 Å². The van der Waals surface area contributed by atoms with Crippen molar-refractivity contribution in [3.8, 4) is 5.75 Å². The van der Waals surface area contributed by atoms with Gasteiger partial charge >= 0.3 is 0 Å². The Hall–Kier alpha value is -2.33. The standard InChI is InChI=1S/C23H28N2O2/c1-18(26)25-15-13-23(20-6-4-3-5-7-20)12-14-24(17-22(23)25)16-19-8-10-21(27-2)11-9-19/h3-11,22H,12-17H2,1-2H3/t22-,23-/m0/s1. The molecule has 4 rings (SSSR count). The van der Waals surface area contributed by atoms with Crippen LogP contribution in [0.2, 0.25) is 0 Å². The van der Waals surface area contributed by atoms with Crippen LogP contribution < -0.4 is 4.74 Å². The molecule has 2 aromatic rings. The second-order valence-corrected chi connectivity index (χ2v) is 7.83. The van der Waals surface area contributed by atoms with Gasteiger partial charge < -0.3 is 9.64 Å². The van der Waals surface area contributed by atoms with Gasteiger partial charge in [0, 0.05) is 32.0 Å². The van der Waals surface area contributed by atoms with Gasteiger partial charge in [0.1, 0.15) is 5.75 Å². The smallest absolute Gasteiger partial charge is 0.219 e. The Labute approximate surface area is 161 Å². The molecule has 0 unspecified atom stereocenters. The summed E-state index contributed by atoms with van der Waals surface area (Å²) in [7, 11) is 1.69. The predicted octanol–water partition coefficient (Wildman–Crippen LogP) is 3.46. The normalized spacial score (nSPS) is 25.3. The molecule has 4 heteroatoms. The number of amides is 1. The summed E-state index contributed by atoms with van der Waals surface area (Å²) >= 11 is 0. The molecule has 2 aromatic carbocycles. The van der Waals surface area contributed by atoms with E-state index in [2.05, 4.69) is 52.3 Å². The molecule has 2 heterocycles. The highest BCUT2D eigenvalue weighted by molar-refractivity contribution is 5.74. The first-order valence-electron chi connectivity index (χ1n) is 9.80. The van der Waals surface area contributed by atoms with Crippen LogP contribution in [0.15, 0.2) is 54.6 Å². The fourth-order valence-corrected chi connectivity index (χ4v) is 4.96. The number of carbonyl (C=O) groups excluding carboxylic acids is 1. The number of likely N-dealkylation sites (tertiary alicyclic amines) is 2. The Morgan fingerprint density at radius 3 is 2.44 bits per heavy atom. The van der Waals surface area contributed by atoms with Crippen molar-refractivity contribution in [2.75, 3.05) is 26.7 Å². The van der Waals surface area contributed by atoms with E-state index in [1.165, 1.54) is 11.1 Å². The number of hydrogen-bond acceptors (Lipinski definition) is 3. The lowest BCUT2D eigenvalue weighted by molar-refractivity contribution is -0.131. The lowest BCUT2D eigenvalue weighted by atomic mass is 9.69. The maximum Gasteiger partial charge on any atom is 0.219 e. The Morgan fingerprint density at radius 1 is 1.07 bits per heavy atom. The lowest BCUT2D eigenvalue weighted by Gasteiger charge is -2.46. The van der Waals surface area contributed by atoms with Crippen molar-refractivity contribution in [2.45, 2.75) is 37.8 Å². The quantitative estimate of drug-likeness (QED) is 0.833. The van der Waals surface area contributed by atoms with Gasteiger partial charge in [0.2, 0.25) is 5.91 Å². The first kappa shape index (κ1) is 18.1. The molecule has 2 fully saturated rings. The number of methoxy groups -OCH3 is 1. The zero-order chi connectivity index (χ0) is 18.9. The molecule has 0 bridgehead atoms. The van der Waals surface area contributed by atoms with E-state index in [9.17, 15) is 4.79 Å². The fourth-order valence-electron chi connectivity index (χ4n) is 4.96. The van der Waals surface area contributed by atoms with Crippen molar-refractivity contribution >= 4 is 5.91 Å². The van der Waals surface area contributed by atoms with Gasteiger partial charge in [0.25, 0.3) is 0 Å². The van der Waals surface area contributed by atoms with Crippen molar-refractivity contribution < 1.29 is 9.53 Å². The van der Waals surface area contributed by atoms with Gasteiger partial charge in [-0.05, 0) is 42.6 Å². The largest absolute Gasteiger partial charge is 0.497 e. The molecule has 27 heavy (non-hydrogen) atoms. The Morgan fingerprint density at radius 2 is 1.78 bits per heavy atom. The number of nitrogens with zero attached hydrogens (tertiary/aromatic N) is 2. The number of fused-ring (bicyclic) bond motifs is 1. The summed E-state index contributed by atoms with van der Waals surface area (Å²) in [6.45, 7) is 5.48. The van der Waals surface area contributed by atoms with E-state index in [4.69, 9.17) is 4.74 Å². The molecule has 1 amide bonds. The monoisotopic (exact) mass is 364 g/mol. The van der Waals surface area contributed by atoms with Crippen molar-refractivity contribution in [1.82, 2.24) is 9.80 Å². The van der Waals surface area contributed by atoms with Crippen LogP contribution in [0.5, 0.6) is 5.75 Å². The third-order valence-electron chi connectivity index (χ3n) is 6.44. The highest BCUT2D eigenvalue weighted by Gasteiger charge is 2.51. The zero-order valence-electron chi connectivity index (χ0n) is 16.2. The highest BCUT2D eigenvalue weighted by atomic mass is 16.5. The van der Waals surface area contributed by atoms with E-state index >= 15 is 0 Å². The highest BCUT2D eigenvalue weighted by Crippen LogP contribution is 2.46. The summed E-state index contributed by atoms with van der Waals surface area (Å²) < 4.78 is 5.26. The van der Waals surface area contributed by atoms with Gasteiger partial charge in [-0.1, -0.05) is 42.5 Å². The van der Waals surface area contributed by atoms with Gasteiger partial charge in [0.05, 0.1) is 13.2 Å². The van der Waals surface area contributed by atoms with Crippen LogP contribution in [0, 0.1) is 0 Å². The van der Waals surface area contributed by atoms with Crippen molar-refractivity contribution in [2.24, 2.45) is 0 Å². The topological polar surface area (TPSA) is 32.8 Å². The minimum atomic E-state index is 0.101. The Balaban J connectivity index is 1.56. The summed E-state index contributed by atoms with van der Waals surface area (Å²) in [5, 5.41) is 0. The van der Waals surface area contributed by atoms with Crippen LogP contribution in [0.25, 0.3) is 0 Å². The molecular formula is C23H28N2O2. The van der Waals surface area contributed by atoms with Crippen molar-refractivity contribution in [3.63, 3.8) is 0 Å². The molecule has 4 nitrogen and oxygen atoms in total. The average Bonchev–Trinajstić information content (AvgIpc) is 3.09. The van der Waals surface area contributed by atoms with Crippen molar-refractivity contribution in [1.29, 1.82) is 0 Å². The average molecular weight is 364 g/mol. The summed E-state index contributed by atoms with van der Waals surface area (Å²) in [6.07, 6.45) is 2.17. The van der Waals surface area contributed by atoms with Gasteiger partial charge in [-0.15, -0.1) is 0 Å². The van der Waals surface area contributed by atoms with Gasteiger partial charge in [-0.2, -0.15) is 0 Å². The molecule has 2 atom stereocenters. The minimum absolute atomic E-state index is 0.101. The third-order valence-corrected chi connectivity index (χ3v) is 6.44. The summed E-state index contributed by atoms with van der Waals surface area (Å²) in [5.41, 5.74) is 2.78. The van der Waals surface area contributed by atoms with Crippen LogP contribution in [0.1, 0.15) is 30.9 Å². The fraction of sp³-hybridized carbons (Fsp3) is 0.435. The second-order valence-electron chi connectivity index (χ2n) is 7.83. The number of piperidine rings is 1. The van der Waals surface area contributed by atoms with E-state index in [0.29, 0.717) is 0 Å². The predicted molar refractivity (Wildman–Crippen MR) is 107 cm³/mol. The lowest BCUT2D eigenvalue weighted by Crippen LogP contribution is -2.56. The number of rotatable bonds is 4. The molecular weight excluding hydrogens is 336 g/mol. The van der Waals surface area contributed by atoms with Crippen LogP contribution in [-0.4, -0.2) is 48.5 Å². The molecule has 142 valence electrons. The van der Waals surface area contributed by atoms with E-state index in [0.717, 1.165) is 44.8 Å². The first-order valence-corrected chi connectivity index (χ1v) is 9.80. The molecule has 0 N–H and O–H groups in total. The number of carbonyl (C=O) groups is 1. The molecule has 2 saturated heterocycles.